The second-order valence-corrected chi connectivity index (χ2v) is 13.8. The fourth-order valence-corrected chi connectivity index (χ4v) is 5.83. The Morgan fingerprint density at radius 3 is 1.45 bits per heavy atom. The van der Waals surface area contributed by atoms with Gasteiger partial charge in [-0.15, -0.1) is 4.76 Å². The molecule has 0 rings (SSSR count). The number of likely N-dealkylation sites (N-methyl/N-ethyl adjacent to an activating group) is 1. The van der Waals surface area contributed by atoms with Crippen molar-refractivity contribution in [1.29, 1.82) is 0 Å². The first-order valence-corrected chi connectivity index (χ1v) is 18.7. The van der Waals surface area contributed by atoms with Crippen molar-refractivity contribution in [2.24, 2.45) is 22.3 Å². The quantitative estimate of drug-likeness (QED) is 0.0220. The van der Waals surface area contributed by atoms with Gasteiger partial charge in [0.25, 0.3) is 0 Å². The number of ether oxygens (including phenoxy) is 4. The minimum Gasteiger partial charge on any atom is -0.480 e. The maximum Gasteiger partial charge on any atom is 0.510 e. The van der Waals surface area contributed by atoms with E-state index in [0.717, 1.165) is 69.1 Å². The third-order valence-corrected chi connectivity index (χ3v) is 8.55. The summed E-state index contributed by atoms with van der Waals surface area (Å²) >= 11 is 0. The lowest BCUT2D eigenvalue weighted by Gasteiger charge is -2.29. The number of hydrogen-bond acceptors (Lipinski definition) is 10. The Kier molecular flexibility index (Phi) is 24.1. The van der Waals surface area contributed by atoms with Gasteiger partial charge in [0.1, 0.15) is 6.04 Å². The van der Waals surface area contributed by atoms with E-state index in [-0.39, 0.29) is 19.6 Å². The Labute approximate surface area is 282 Å². The molecule has 3 unspecified atom stereocenters. The van der Waals surface area contributed by atoms with E-state index in [9.17, 15) is 24.1 Å². The molecule has 0 aromatic heterocycles. The average molecular weight is 696 g/mol. The van der Waals surface area contributed by atoms with Crippen LogP contribution < -0.4 is 5.73 Å². The molecule has 0 bridgehead atoms. The average Bonchev–Trinajstić information content (AvgIpc) is 2.99. The highest BCUT2D eigenvalue weighted by atomic mass is 31.2. The van der Waals surface area contributed by atoms with Gasteiger partial charge in [0.05, 0.1) is 13.2 Å². The minimum absolute atomic E-state index is 0.136. The summed E-state index contributed by atoms with van der Waals surface area (Å²) < 4.78 is 50.6. The van der Waals surface area contributed by atoms with Gasteiger partial charge < -0.3 is 34.7 Å². The Morgan fingerprint density at radius 2 is 1.11 bits per heavy atom. The van der Waals surface area contributed by atoms with Crippen molar-refractivity contribution in [1.82, 2.24) is 4.90 Å². The Balaban J connectivity index is 5.85. The lowest BCUT2D eigenvalue weighted by molar-refractivity contribution is -0.141. The number of carbonyl (C=O) groups excluding carboxylic acids is 2. The molecular formula is C32H62N3O11P. The van der Waals surface area contributed by atoms with Gasteiger partial charge in [-0.2, -0.15) is 0 Å². The number of aliphatic carboxylic acids is 1. The predicted molar refractivity (Wildman–Crippen MR) is 180 cm³/mol. The van der Waals surface area contributed by atoms with Crippen LogP contribution in [0.15, 0.2) is 4.76 Å². The smallest absolute Gasteiger partial charge is 0.480 e. The van der Waals surface area contributed by atoms with Gasteiger partial charge in [0.2, 0.25) is 18.5 Å². The zero-order valence-corrected chi connectivity index (χ0v) is 30.8. The summed E-state index contributed by atoms with van der Waals surface area (Å²) in [5.41, 5.74) is 6.09. The van der Waals surface area contributed by atoms with Gasteiger partial charge in [-0.1, -0.05) is 113 Å². The minimum atomic E-state index is -4.77. The second kappa shape index (κ2) is 25.4. The summed E-state index contributed by atoms with van der Waals surface area (Å²) in [6.45, 7) is 12.7. The van der Waals surface area contributed by atoms with E-state index >= 15 is 0 Å². The number of carboxylic acid groups (broad SMARTS) is 1. The van der Waals surface area contributed by atoms with E-state index in [2.05, 4.69) is 18.6 Å². The Bertz CT molecular complexity index is 915. The van der Waals surface area contributed by atoms with Crippen LogP contribution in [0.2, 0.25) is 0 Å². The van der Waals surface area contributed by atoms with Gasteiger partial charge in [-0.3, -0.25) is 0 Å². The zero-order valence-electron chi connectivity index (χ0n) is 29.9. The number of nitrogens with zero attached hydrogens (tertiary/aromatic N) is 2. The predicted octanol–water partition coefficient (Wildman–Crippen LogP) is 8.23. The molecule has 0 heterocycles. The van der Waals surface area contributed by atoms with Crippen LogP contribution in [0.3, 0.4) is 0 Å². The van der Waals surface area contributed by atoms with Gasteiger partial charge in [-0.25, -0.2) is 28.0 Å². The van der Waals surface area contributed by atoms with Crippen molar-refractivity contribution < 1.29 is 52.1 Å². The third-order valence-electron chi connectivity index (χ3n) is 7.15. The monoisotopic (exact) mass is 695 g/mol. The van der Waals surface area contributed by atoms with E-state index in [1.807, 2.05) is 0 Å². The molecule has 3 atom stereocenters. The number of guanidine groups is 1. The molecule has 15 heteroatoms. The molecule has 0 radical (unpaired) electrons. The molecule has 47 heavy (non-hydrogen) atoms. The molecule has 0 aromatic rings. The summed E-state index contributed by atoms with van der Waals surface area (Å²) in [5, 5.41) is 9.58. The fraction of sp³-hybridized carbons (Fsp3) is 0.875. The number of carboxylic acids is 1. The van der Waals surface area contributed by atoms with Crippen LogP contribution in [0.5, 0.6) is 0 Å². The molecular weight excluding hydrogens is 633 g/mol. The molecule has 14 nitrogen and oxygen atoms in total. The summed E-state index contributed by atoms with van der Waals surface area (Å²) in [4.78, 5) is 37.9. The maximum atomic E-state index is 14.2. The lowest BCUT2D eigenvalue weighted by Crippen LogP contribution is -2.45. The van der Waals surface area contributed by atoms with E-state index in [1.165, 1.54) is 7.05 Å². The SMILES string of the molecule is CCCCCCCCOC(=O)OC(OP(=O)(N=C(N)N(C)C(CC)C(=O)O)OC(OC(=O)OCCCCCCCC)C(C)C)C(C)C. The molecule has 0 spiro atoms. The van der Waals surface area contributed by atoms with Crippen LogP contribution in [-0.4, -0.2) is 73.1 Å². The van der Waals surface area contributed by atoms with Gasteiger partial charge in [0, 0.05) is 18.9 Å². The molecule has 276 valence electrons. The van der Waals surface area contributed by atoms with Crippen molar-refractivity contribution in [3.05, 3.63) is 0 Å². The second-order valence-electron chi connectivity index (χ2n) is 12.2. The van der Waals surface area contributed by atoms with E-state index in [1.54, 1.807) is 34.6 Å². The fourth-order valence-electron chi connectivity index (χ4n) is 4.20. The van der Waals surface area contributed by atoms with E-state index < -0.39 is 62.4 Å². The van der Waals surface area contributed by atoms with E-state index in [4.69, 9.17) is 33.7 Å². The van der Waals surface area contributed by atoms with Crippen LogP contribution in [0, 0.1) is 11.8 Å². The molecule has 0 aliphatic carbocycles. The number of carbonyl (C=O) groups is 3. The van der Waals surface area contributed by atoms with Crippen molar-refractivity contribution in [2.45, 2.75) is 151 Å². The first-order chi connectivity index (χ1) is 22.2. The number of unbranched alkanes of at least 4 members (excludes halogenated alkanes) is 10. The van der Waals surface area contributed by atoms with Gasteiger partial charge in [-0.05, 0) is 19.3 Å². The summed E-state index contributed by atoms with van der Waals surface area (Å²) in [6.07, 6.45) is 7.09. The highest BCUT2D eigenvalue weighted by molar-refractivity contribution is 7.52. The van der Waals surface area contributed by atoms with Crippen LogP contribution in [-0.2, 0) is 37.4 Å². The molecule has 0 aliphatic heterocycles. The normalized spacial score (nSPS) is 15.1. The molecule has 0 saturated heterocycles. The molecule has 0 aliphatic rings. The molecule has 0 fully saturated rings. The highest BCUT2D eigenvalue weighted by Gasteiger charge is 2.39. The van der Waals surface area contributed by atoms with Gasteiger partial charge >= 0.3 is 26.0 Å². The Morgan fingerprint density at radius 1 is 0.723 bits per heavy atom. The largest absolute Gasteiger partial charge is 0.510 e. The van der Waals surface area contributed by atoms with Crippen molar-refractivity contribution in [3.63, 3.8) is 0 Å². The molecule has 0 saturated carbocycles. The van der Waals surface area contributed by atoms with E-state index in [0.29, 0.717) is 12.8 Å². The molecule has 0 aromatic carbocycles. The summed E-state index contributed by atoms with van der Waals surface area (Å²) in [5.74, 6) is -2.79. The summed E-state index contributed by atoms with van der Waals surface area (Å²) in [6, 6.07) is -1.10. The van der Waals surface area contributed by atoms with Gasteiger partial charge in [0.15, 0.2) is 0 Å². The molecule has 0 amide bonds. The highest BCUT2D eigenvalue weighted by Crippen LogP contribution is 2.54. The first-order valence-electron chi connectivity index (χ1n) is 17.2. The third kappa shape index (κ3) is 20.4. The number of nitrogens with two attached hydrogens (primary N) is 1. The zero-order chi connectivity index (χ0) is 35.8. The lowest BCUT2D eigenvalue weighted by atomic mass is 10.1. The van der Waals surface area contributed by atoms with Crippen molar-refractivity contribution in [3.8, 4) is 0 Å². The number of hydrogen-bond donors (Lipinski definition) is 2. The maximum absolute atomic E-state index is 14.2. The van der Waals surface area contributed by atoms with Crippen molar-refractivity contribution in [2.75, 3.05) is 20.3 Å². The van der Waals surface area contributed by atoms with Crippen LogP contribution in [0.4, 0.5) is 9.59 Å². The Hall–Kier alpha value is -2.57. The topological polar surface area (TPSA) is 186 Å². The summed E-state index contributed by atoms with van der Waals surface area (Å²) in [7, 11) is -3.42. The molecule has 3 N–H and O–H groups in total. The van der Waals surface area contributed by atoms with Crippen molar-refractivity contribution >= 4 is 32.0 Å². The van der Waals surface area contributed by atoms with Crippen LogP contribution in [0.1, 0.15) is 132 Å². The van der Waals surface area contributed by atoms with Crippen LogP contribution in [0.25, 0.3) is 0 Å². The first kappa shape index (κ1) is 44.4. The number of rotatable bonds is 26. The van der Waals surface area contributed by atoms with Crippen LogP contribution >= 0.6 is 7.75 Å². The standard InChI is InChI=1S/C32H62N3O11P/c1-9-12-14-16-18-20-22-41-31(38)43-28(24(4)5)45-47(40,34-30(33)35(8)26(11-3)27(36)37)46-29(25(6)7)44-32(39)42-23-21-19-17-15-13-10-2/h24-26,28-29H,9-23H2,1-8H3,(H,36,37)(H2,33,34,40).